The molecule has 1 unspecified atom stereocenters. The second-order valence-corrected chi connectivity index (χ2v) is 13.9. The molecule has 46 heavy (non-hydrogen) atoms. The van der Waals surface area contributed by atoms with Gasteiger partial charge in [-0.25, -0.2) is 0 Å². The van der Waals surface area contributed by atoms with E-state index in [1.54, 1.807) is 0 Å². The Kier molecular flexibility index (Phi) is 5.38. The number of fused-ring (bicyclic) bond motifs is 9. The van der Waals surface area contributed by atoms with Gasteiger partial charge in [0.2, 0.25) is 0 Å². The Hall–Kier alpha value is -5.38. The van der Waals surface area contributed by atoms with Gasteiger partial charge in [-0.05, 0) is 89.7 Å². The molecule has 6 aromatic carbocycles. The lowest BCUT2D eigenvalue weighted by molar-refractivity contribution is 0.432. The van der Waals surface area contributed by atoms with Crippen molar-refractivity contribution in [3.05, 3.63) is 156 Å². The fraction of sp³-hybridized carbons (Fsp3) is 0.0698. The van der Waals surface area contributed by atoms with Crippen LogP contribution in [0.1, 0.15) is 17.4 Å². The molecule has 0 aliphatic heterocycles. The zero-order valence-corrected chi connectivity index (χ0v) is 26.3. The molecule has 2 nitrogen and oxygen atoms in total. The molecule has 1 atom stereocenters. The Bertz CT molecular complexity index is 2680. The van der Waals surface area contributed by atoms with Crippen LogP contribution in [0.2, 0.25) is 0 Å². The van der Waals surface area contributed by atoms with Gasteiger partial charge in [0.25, 0.3) is 0 Å². The summed E-state index contributed by atoms with van der Waals surface area (Å²) in [6.45, 7) is 2.40. The summed E-state index contributed by atoms with van der Waals surface area (Å²) in [5.74, 6) is 0. The summed E-state index contributed by atoms with van der Waals surface area (Å²) in [4.78, 5) is 1.39. The molecule has 0 saturated carbocycles. The van der Waals surface area contributed by atoms with Gasteiger partial charge in [-0.15, -0.1) is 11.3 Å². The zero-order chi connectivity index (χ0) is 30.4. The third-order valence-corrected chi connectivity index (χ3v) is 11.2. The van der Waals surface area contributed by atoms with Gasteiger partial charge in [0.15, 0.2) is 0 Å². The molecule has 0 amide bonds. The molecule has 10 rings (SSSR count). The van der Waals surface area contributed by atoms with Crippen LogP contribution in [0, 0.1) is 0 Å². The quantitative estimate of drug-likeness (QED) is 0.189. The van der Waals surface area contributed by atoms with Crippen LogP contribution in [0.5, 0.6) is 0 Å². The Labute approximate surface area is 271 Å². The third kappa shape index (κ3) is 3.64. The average Bonchev–Trinajstić information content (AvgIpc) is 3.76. The summed E-state index contributed by atoms with van der Waals surface area (Å²) in [5, 5.41) is 6.55. The number of thiophene rings is 1. The minimum Gasteiger partial charge on any atom is -0.331 e. The summed E-state index contributed by atoms with van der Waals surface area (Å²) >= 11 is 1.91. The van der Waals surface area contributed by atoms with Gasteiger partial charge in [0.1, 0.15) is 0 Å². The minimum absolute atomic E-state index is 0.183. The maximum atomic E-state index is 2.59. The van der Waals surface area contributed by atoms with Gasteiger partial charge < -0.3 is 9.13 Å². The van der Waals surface area contributed by atoms with Crippen LogP contribution in [0.25, 0.3) is 76.6 Å². The van der Waals surface area contributed by atoms with Crippen LogP contribution in [-0.4, -0.2) is 9.13 Å². The number of nitrogens with zero attached hydrogens (tertiary/aromatic N) is 2. The van der Waals surface area contributed by atoms with Crippen LogP contribution in [-0.2, 0) is 12.0 Å². The molecule has 1 aliphatic carbocycles. The molecule has 9 aromatic rings. The maximum Gasteiger partial charge on any atom is 0.0650 e. The highest BCUT2D eigenvalue weighted by Crippen LogP contribution is 2.45. The number of aromatic nitrogens is 2. The molecule has 0 spiro atoms. The van der Waals surface area contributed by atoms with E-state index in [0.29, 0.717) is 0 Å². The molecule has 0 saturated heterocycles. The van der Waals surface area contributed by atoms with Crippen molar-refractivity contribution in [2.24, 2.45) is 0 Å². The molecule has 3 aromatic heterocycles. The molecule has 1 aliphatic rings. The number of para-hydroxylation sites is 3. The summed E-state index contributed by atoms with van der Waals surface area (Å²) in [5.41, 5.74) is 9.97. The van der Waals surface area contributed by atoms with Crippen molar-refractivity contribution >= 4 is 71.1 Å². The lowest BCUT2D eigenvalue weighted by atomic mass is 9.86. The molecule has 0 bridgehead atoms. The SMILES string of the molecule is CC1(n2c3ccccc3c3cc(-c4ccc5c(c4)c4ccccc4n5-c4ccccc4)ccc32)C=Cc2sc3ccccc3c2C1. The van der Waals surface area contributed by atoms with Crippen molar-refractivity contribution in [1.82, 2.24) is 9.13 Å². The summed E-state index contributed by atoms with van der Waals surface area (Å²) in [6, 6.07) is 51.3. The van der Waals surface area contributed by atoms with Gasteiger partial charge in [-0.2, -0.15) is 0 Å². The third-order valence-electron chi connectivity index (χ3n) is 10.1. The van der Waals surface area contributed by atoms with Gasteiger partial charge in [-0.1, -0.05) is 91.0 Å². The van der Waals surface area contributed by atoms with Crippen molar-refractivity contribution in [1.29, 1.82) is 0 Å². The maximum absolute atomic E-state index is 2.59. The number of allylic oxidation sites excluding steroid dienone is 1. The Balaban J connectivity index is 1.15. The monoisotopic (exact) mass is 606 g/mol. The molecule has 3 heterocycles. The van der Waals surface area contributed by atoms with Crippen molar-refractivity contribution < 1.29 is 0 Å². The van der Waals surface area contributed by atoms with Crippen molar-refractivity contribution in [3.63, 3.8) is 0 Å². The van der Waals surface area contributed by atoms with E-state index < -0.39 is 0 Å². The molecule has 0 radical (unpaired) electrons. The van der Waals surface area contributed by atoms with E-state index in [1.165, 1.54) is 81.0 Å². The van der Waals surface area contributed by atoms with E-state index in [1.807, 2.05) is 11.3 Å². The first-order valence-corrected chi connectivity index (χ1v) is 16.8. The fourth-order valence-electron chi connectivity index (χ4n) is 7.97. The summed E-state index contributed by atoms with van der Waals surface area (Å²) < 4.78 is 6.34. The number of hydrogen-bond donors (Lipinski definition) is 0. The summed E-state index contributed by atoms with van der Waals surface area (Å²) in [7, 11) is 0. The Morgan fingerprint density at radius 3 is 1.89 bits per heavy atom. The second-order valence-electron chi connectivity index (χ2n) is 12.8. The van der Waals surface area contributed by atoms with E-state index in [4.69, 9.17) is 0 Å². The first kappa shape index (κ1) is 25.9. The van der Waals surface area contributed by atoms with Crippen LogP contribution in [0.3, 0.4) is 0 Å². The Morgan fingerprint density at radius 1 is 0.543 bits per heavy atom. The lowest BCUT2D eigenvalue weighted by Crippen LogP contribution is -2.31. The average molecular weight is 607 g/mol. The smallest absolute Gasteiger partial charge is 0.0650 e. The summed E-state index contributed by atoms with van der Waals surface area (Å²) in [6.07, 6.45) is 5.76. The van der Waals surface area contributed by atoms with Crippen LogP contribution in [0.4, 0.5) is 0 Å². The normalized spacial score (nSPS) is 16.3. The van der Waals surface area contributed by atoms with Gasteiger partial charge >= 0.3 is 0 Å². The topological polar surface area (TPSA) is 9.86 Å². The van der Waals surface area contributed by atoms with Gasteiger partial charge in [0, 0.05) is 54.3 Å². The lowest BCUT2D eigenvalue weighted by Gasteiger charge is -2.33. The predicted octanol–water partition coefficient (Wildman–Crippen LogP) is 11.8. The molecule has 0 fully saturated rings. The number of rotatable bonds is 3. The predicted molar refractivity (Wildman–Crippen MR) is 197 cm³/mol. The molecule has 3 heteroatoms. The molecular formula is C43H30N2S. The van der Waals surface area contributed by atoms with Crippen molar-refractivity contribution in [2.45, 2.75) is 18.9 Å². The van der Waals surface area contributed by atoms with E-state index in [-0.39, 0.29) is 5.54 Å². The number of benzene rings is 6. The van der Waals surface area contributed by atoms with Crippen LogP contribution < -0.4 is 0 Å². The van der Waals surface area contributed by atoms with E-state index in [9.17, 15) is 0 Å². The van der Waals surface area contributed by atoms with Gasteiger partial charge in [0.05, 0.1) is 16.6 Å². The van der Waals surface area contributed by atoms with E-state index >= 15 is 0 Å². The zero-order valence-electron chi connectivity index (χ0n) is 25.4. The highest BCUT2D eigenvalue weighted by molar-refractivity contribution is 7.20. The first-order chi connectivity index (χ1) is 22.7. The number of hydrogen-bond acceptors (Lipinski definition) is 1. The Morgan fingerprint density at radius 2 is 1.11 bits per heavy atom. The second kappa shape index (κ2) is 9.56. The molecular weight excluding hydrogens is 577 g/mol. The van der Waals surface area contributed by atoms with Crippen LogP contribution >= 0.6 is 11.3 Å². The highest BCUT2D eigenvalue weighted by atomic mass is 32.1. The van der Waals surface area contributed by atoms with Crippen molar-refractivity contribution in [3.8, 4) is 16.8 Å². The first-order valence-electron chi connectivity index (χ1n) is 16.0. The minimum atomic E-state index is -0.183. The standard InChI is InChI=1S/C43H30N2S/c1-43(24-23-42-36(27-43)33-15-7-10-18-41(33)46-42)45-39-17-9-6-14-32(39)35-26-29(20-22-40(35)45)28-19-21-38-34(25-28)31-13-5-8-16-37(31)44(38)30-11-3-2-4-12-30/h2-26H,27H2,1H3. The van der Waals surface area contributed by atoms with Gasteiger partial charge in [-0.3, -0.25) is 0 Å². The highest BCUT2D eigenvalue weighted by Gasteiger charge is 2.32. The molecule has 218 valence electrons. The largest absolute Gasteiger partial charge is 0.331 e. The van der Waals surface area contributed by atoms with Crippen molar-refractivity contribution in [2.75, 3.05) is 0 Å². The van der Waals surface area contributed by atoms with Crippen LogP contribution in [0.15, 0.2) is 146 Å². The fourth-order valence-corrected chi connectivity index (χ4v) is 9.10. The van der Waals surface area contributed by atoms with E-state index in [2.05, 4.69) is 168 Å². The van der Waals surface area contributed by atoms with E-state index in [0.717, 1.165) is 6.42 Å². The molecule has 0 N–H and O–H groups in total.